The molecule has 0 bridgehead atoms. The van der Waals surface area contributed by atoms with Crippen molar-refractivity contribution in [2.24, 2.45) is 11.1 Å². The molecule has 5 heteroatoms. The van der Waals surface area contributed by atoms with Gasteiger partial charge in [-0.1, -0.05) is 17.3 Å². The zero-order valence-corrected chi connectivity index (χ0v) is 9.51. The van der Waals surface area contributed by atoms with Crippen LogP contribution in [0.4, 0.5) is 4.39 Å². The summed E-state index contributed by atoms with van der Waals surface area (Å²) in [6.07, 6.45) is -0.613. The zero-order valence-electron chi connectivity index (χ0n) is 9.51. The second-order valence-electron chi connectivity index (χ2n) is 3.81. The summed E-state index contributed by atoms with van der Waals surface area (Å²) in [4.78, 5) is 16.8. The first-order valence-corrected chi connectivity index (χ1v) is 5.17. The standard InChI is InChI=1S/C12H12FNO3/c1-7-10(12(15)16-2)11(17-14-7)8-4-3-5-9(13)6-8/h3-6,10-11H,1-2H3. The quantitative estimate of drug-likeness (QED) is 0.740. The lowest BCUT2D eigenvalue weighted by atomic mass is 9.93. The Labute approximate surface area is 98.0 Å². The van der Waals surface area contributed by atoms with Crippen molar-refractivity contribution in [3.05, 3.63) is 35.6 Å². The van der Waals surface area contributed by atoms with Crippen LogP contribution in [0.3, 0.4) is 0 Å². The van der Waals surface area contributed by atoms with Crippen LogP contribution in [0.15, 0.2) is 29.4 Å². The van der Waals surface area contributed by atoms with Gasteiger partial charge in [-0.3, -0.25) is 4.79 Å². The van der Waals surface area contributed by atoms with Crippen LogP contribution in [0.5, 0.6) is 0 Å². The molecule has 0 spiro atoms. The van der Waals surface area contributed by atoms with Crippen LogP contribution in [-0.2, 0) is 14.4 Å². The molecule has 0 saturated heterocycles. The van der Waals surface area contributed by atoms with Gasteiger partial charge < -0.3 is 9.57 Å². The van der Waals surface area contributed by atoms with Crippen LogP contribution in [0.25, 0.3) is 0 Å². The second-order valence-corrected chi connectivity index (χ2v) is 3.81. The van der Waals surface area contributed by atoms with Gasteiger partial charge in [0.05, 0.1) is 12.8 Å². The Morgan fingerprint density at radius 1 is 1.53 bits per heavy atom. The molecule has 0 radical (unpaired) electrons. The topological polar surface area (TPSA) is 47.9 Å². The maximum atomic E-state index is 13.1. The van der Waals surface area contributed by atoms with E-state index in [4.69, 9.17) is 9.57 Å². The average molecular weight is 237 g/mol. The van der Waals surface area contributed by atoms with Crippen molar-refractivity contribution in [2.75, 3.05) is 7.11 Å². The van der Waals surface area contributed by atoms with Crippen LogP contribution >= 0.6 is 0 Å². The Morgan fingerprint density at radius 3 is 2.94 bits per heavy atom. The number of rotatable bonds is 2. The molecule has 0 aliphatic carbocycles. The molecular formula is C12H12FNO3. The van der Waals surface area contributed by atoms with Crippen molar-refractivity contribution >= 4 is 11.7 Å². The van der Waals surface area contributed by atoms with E-state index in [9.17, 15) is 9.18 Å². The van der Waals surface area contributed by atoms with Gasteiger partial charge in [-0.05, 0) is 24.6 Å². The Kier molecular flexibility index (Phi) is 3.08. The molecule has 0 amide bonds. The maximum Gasteiger partial charge on any atom is 0.318 e. The number of hydrogen-bond acceptors (Lipinski definition) is 4. The third kappa shape index (κ3) is 2.13. The van der Waals surface area contributed by atoms with Gasteiger partial charge in [0.2, 0.25) is 0 Å². The largest absolute Gasteiger partial charge is 0.468 e. The van der Waals surface area contributed by atoms with Gasteiger partial charge in [-0.25, -0.2) is 4.39 Å². The molecule has 4 nitrogen and oxygen atoms in total. The summed E-state index contributed by atoms with van der Waals surface area (Å²) in [7, 11) is 1.30. The van der Waals surface area contributed by atoms with Crippen molar-refractivity contribution in [3.8, 4) is 0 Å². The van der Waals surface area contributed by atoms with Gasteiger partial charge in [0.1, 0.15) is 11.7 Å². The lowest BCUT2D eigenvalue weighted by molar-refractivity contribution is -0.146. The summed E-state index contributed by atoms with van der Waals surface area (Å²) in [5.41, 5.74) is 1.10. The summed E-state index contributed by atoms with van der Waals surface area (Å²) in [6.45, 7) is 1.68. The molecule has 0 saturated carbocycles. The first kappa shape index (κ1) is 11.6. The molecule has 0 aromatic heterocycles. The fourth-order valence-electron chi connectivity index (χ4n) is 1.83. The highest BCUT2D eigenvalue weighted by Crippen LogP contribution is 2.33. The number of benzene rings is 1. The van der Waals surface area contributed by atoms with Crippen molar-refractivity contribution in [2.45, 2.75) is 13.0 Å². The summed E-state index contributed by atoms with van der Waals surface area (Å²) >= 11 is 0. The van der Waals surface area contributed by atoms with Crippen LogP contribution in [0.2, 0.25) is 0 Å². The fraction of sp³-hybridized carbons (Fsp3) is 0.333. The number of halogens is 1. The smallest absolute Gasteiger partial charge is 0.318 e. The Balaban J connectivity index is 2.30. The molecule has 2 atom stereocenters. The first-order chi connectivity index (χ1) is 8.13. The van der Waals surface area contributed by atoms with Crippen molar-refractivity contribution in [1.29, 1.82) is 0 Å². The fourth-order valence-corrected chi connectivity index (χ4v) is 1.83. The molecule has 0 fully saturated rings. The number of carbonyl (C=O) groups is 1. The number of carbonyl (C=O) groups excluding carboxylic acids is 1. The maximum absolute atomic E-state index is 13.1. The molecule has 0 N–H and O–H groups in total. The van der Waals surface area contributed by atoms with Gasteiger partial charge in [0.25, 0.3) is 0 Å². The van der Waals surface area contributed by atoms with Gasteiger partial charge in [0, 0.05) is 0 Å². The summed E-state index contributed by atoms with van der Waals surface area (Å²) < 4.78 is 17.8. The van der Waals surface area contributed by atoms with Gasteiger partial charge in [-0.15, -0.1) is 0 Å². The minimum Gasteiger partial charge on any atom is -0.468 e. The van der Waals surface area contributed by atoms with Crippen LogP contribution in [0.1, 0.15) is 18.6 Å². The van der Waals surface area contributed by atoms with Crippen LogP contribution in [0, 0.1) is 11.7 Å². The summed E-state index contributed by atoms with van der Waals surface area (Å²) in [6, 6.07) is 5.92. The van der Waals surface area contributed by atoms with Crippen LogP contribution < -0.4 is 0 Å². The Hall–Kier alpha value is -1.91. The van der Waals surface area contributed by atoms with Crippen molar-refractivity contribution in [1.82, 2.24) is 0 Å². The molecule has 1 aliphatic heterocycles. The van der Waals surface area contributed by atoms with E-state index in [1.165, 1.54) is 19.2 Å². The number of ether oxygens (including phenoxy) is 1. The van der Waals surface area contributed by atoms with E-state index in [-0.39, 0.29) is 5.82 Å². The van der Waals surface area contributed by atoms with Crippen LogP contribution in [-0.4, -0.2) is 18.8 Å². The van der Waals surface area contributed by atoms with E-state index in [1.54, 1.807) is 19.1 Å². The Morgan fingerprint density at radius 2 is 2.29 bits per heavy atom. The molecule has 1 aromatic rings. The van der Waals surface area contributed by atoms with E-state index in [2.05, 4.69) is 5.16 Å². The molecule has 17 heavy (non-hydrogen) atoms. The minimum atomic E-state index is -0.613. The lowest BCUT2D eigenvalue weighted by Crippen LogP contribution is -2.26. The van der Waals surface area contributed by atoms with E-state index >= 15 is 0 Å². The third-order valence-electron chi connectivity index (χ3n) is 2.70. The molecule has 90 valence electrons. The number of oxime groups is 1. The van der Waals surface area contributed by atoms with Crippen molar-refractivity contribution in [3.63, 3.8) is 0 Å². The van der Waals surface area contributed by atoms with Crippen molar-refractivity contribution < 1.29 is 18.8 Å². The predicted octanol–water partition coefficient (Wildman–Crippen LogP) is 2.06. The highest BCUT2D eigenvalue weighted by atomic mass is 19.1. The molecule has 1 aliphatic rings. The minimum absolute atomic E-state index is 0.376. The normalized spacial score (nSPS) is 22.9. The van der Waals surface area contributed by atoms with E-state index in [0.717, 1.165) is 0 Å². The number of nitrogens with zero attached hydrogens (tertiary/aromatic N) is 1. The van der Waals surface area contributed by atoms with Gasteiger partial charge >= 0.3 is 5.97 Å². The summed E-state index contributed by atoms with van der Waals surface area (Å²) in [5, 5.41) is 3.77. The van der Waals surface area contributed by atoms with E-state index in [0.29, 0.717) is 11.3 Å². The summed E-state index contributed by atoms with van der Waals surface area (Å²) in [5.74, 6) is -1.42. The first-order valence-electron chi connectivity index (χ1n) is 5.17. The SMILES string of the molecule is COC(=O)C1C(C)=NOC1c1cccc(F)c1. The number of hydrogen-bond donors (Lipinski definition) is 0. The Bertz CT molecular complexity index is 473. The molecule has 1 aromatic carbocycles. The van der Waals surface area contributed by atoms with E-state index < -0.39 is 18.0 Å². The van der Waals surface area contributed by atoms with Gasteiger partial charge in [0.15, 0.2) is 6.10 Å². The average Bonchev–Trinajstić information content (AvgIpc) is 2.70. The number of methoxy groups -OCH3 is 1. The highest BCUT2D eigenvalue weighted by molar-refractivity contribution is 6.02. The molecular weight excluding hydrogens is 225 g/mol. The molecule has 2 unspecified atom stereocenters. The van der Waals surface area contributed by atoms with Gasteiger partial charge in [-0.2, -0.15) is 0 Å². The van der Waals surface area contributed by atoms with E-state index in [1.807, 2.05) is 0 Å². The zero-order chi connectivity index (χ0) is 12.4. The lowest BCUT2D eigenvalue weighted by Gasteiger charge is -2.16. The number of esters is 1. The molecule has 1 heterocycles. The predicted molar refractivity (Wildman–Crippen MR) is 58.8 cm³/mol. The third-order valence-corrected chi connectivity index (χ3v) is 2.70. The monoisotopic (exact) mass is 237 g/mol. The second kappa shape index (κ2) is 4.53. The highest BCUT2D eigenvalue weighted by Gasteiger charge is 2.39. The molecule has 2 rings (SSSR count).